The van der Waals surface area contributed by atoms with E-state index in [0.717, 1.165) is 29.8 Å². The zero-order valence-electron chi connectivity index (χ0n) is 12.5. The van der Waals surface area contributed by atoms with Crippen LogP contribution in [0, 0.1) is 5.92 Å². The molecule has 1 heterocycles. The number of aromatic nitrogens is 1. The molecule has 3 heteroatoms. The predicted molar refractivity (Wildman–Crippen MR) is 86.9 cm³/mol. The highest BCUT2D eigenvalue weighted by Crippen LogP contribution is 2.28. The molecule has 0 fully saturated rings. The van der Waals surface area contributed by atoms with Crippen molar-refractivity contribution >= 4 is 22.8 Å². The summed E-state index contributed by atoms with van der Waals surface area (Å²) in [5, 5.41) is 0. The molecular formula is C18H20N2O. The highest BCUT2D eigenvalue weighted by molar-refractivity contribution is 5.75. The molecule has 0 aliphatic carbocycles. The Morgan fingerprint density at radius 2 is 1.71 bits per heavy atom. The number of para-hydroxylation sites is 3. The summed E-state index contributed by atoms with van der Waals surface area (Å²) >= 11 is 0. The molecule has 0 radical (unpaired) electrons. The SMILES string of the molecule is CC(C)CCN(c1ccccc1)c1nc2ccccc2o1. The smallest absolute Gasteiger partial charge is 0.302 e. The lowest BCUT2D eigenvalue weighted by Gasteiger charge is -2.21. The zero-order chi connectivity index (χ0) is 14.7. The molecule has 108 valence electrons. The summed E-state index contributed by atoms with van der Waals surface area (Å²) in [6.45, 7) is 5.36. The maximum absolute atomic E-state index is 5.93. The second kappa shape index (κ2) is 6.00. The largest absolute Gasteiger partial charge is 0.423 e. The van der Waals surface area contributed by atoms with Crippen molar-refractivity contribution in [3.05, 3.63) is 54.6 Å². The predicted octanol–water partition coefficient (Wildman–Crippen LogP) is 5.01. The van der Waals surface area contributed by atoms with Crippen LogP contribution in [0.15, 0.2) is 59.0 Å². The number of nitrogens with zero attached hydrogens (tertiary/aromatic N) is 2. The number of hydrogen-bond acceptors (Lipinski definition) is 3. The molecule has 0 saturated heterocycles. The number of anilines is 2. The molecule has 3 rings (SSSR count). The van der Waals surface area contributed by atoms with Crippen LogP contribution in [0.2, 0.25) is 0 Å². The Morgan fingerprint density at radius 3 is 2.43 bits per heavy atom. The summed E-state index contributed by atoms with van der Waals surface area (Å²) in [6, 6.07) is 18.9. The molecule has 0 unspecified atom stereocenters. The van der Waals surface area contributed by atoms with Gasteiger partial charge in [0, 0.05) is 12.2 Å². The van der Waals surface area contributed by atoms with E-state index >= 15 is 0 Å². The average Bonchev–Trinajstić information content (AvgIpc) is 2.92. The Balaban J connectivity index is 1.97. The molecule has 0 bridgehead atoms. The van der Waals surface area contributed by atoms with Gasteiger partial charge >= 0.3 is 6.01 Å². The minimum atomic E-state index is 0.639. The van der Waals surface area contributed by atoms with Gasteiger partial charge in [0.15, 0.2) is 5.58 Å². The summed E-state index contributed by atoms with van der Waals surface area (Å²) < 4.78 is 5.93. The van der Waals surface area contributed by atoms with Gasteiger partial charge in [-0.15, -0.1) is 0 Å². The number of oxazole rings is 1. The highest BCUT2D eigenvalue weighted by atomic mass is 16.4. The number of rotatable bonds is 5. The Labute approximate surface area is 125 Å². The van der Waals surface area contributed by atoms with E-state index in [1.165, 1.54) is 0 Å². The molecule has 0 spiro atoms. The first-order valence-electron chi connectivity index (χ1n) is 7.42. The quantitative estimate of drug-likeness (QED) is 0.657. The maximum Gasteiger partial charge on any atom is 0.302 e. The van der Waals surface area contributed by atoms with Gasteiger partial charge in [0.2, 0.25) is 0 Å². The molecule has 3 aromatic rings. The van der Waals surface area contributed by atoms with Crippen LogP contribution in [0.25, 0.3) is 11.1 Å². The molecule has 0 aliphatic rings. The van der Waals surface area contributed by atoms with Crippen LogP contribution in [0.5, 0.6) is 0 Å². The topological polar surface area (TPSA) is 29.3 Å². The van der Waals surface area contributed by atoms with Crippen LogP contribution in [-0.2, 0) is 0 Å². The van der Waals surface area contributed by atoms with Crippen molar-refractivity contribution in [1.82, 2.24) is 4.98 Å². The van der Waals surface area contributed by atoms with Crippen molar-refractivity contribution in [3.8, 4) is 0 Å². The van der Waals surface area contributed by atoms with Gasteiger partial charge in [0.25, 0.3) is 0 Å². The molecule has 1 aromatic heterocycles. The zero-order valence-corrected chi connectivity index (χ0v) is 12.5. The van der Waals surface area contributed by atoms with E-state index in [0.29, 0.717) is 11.9 Å². The van der Waals surface area contributed by atoms with E-state index in [-0.39, 0.29) is 0 Å². The Hall–Kier alpha value is -2.29. The molecule has 0 aliphatic heterocycles. The van der Waals surface area contributed by atoms with Gasteiger partial charge in [-0.25, -0.2) is 0 Å². The van der Waals surface area contributed by atoms with Crippen LogP contribution in [0.3, 0.4) is 0 Å². The van der Waals surface area contributed by atoms with E-state index < -0.39 is 0 Å². The fraction of sp³-hybridized carbons (Fsp3) is 0.278. The highest BCUT2D eigenvalue weighted by Gasteiger charge is 2.16. The molecule has 3 nitrogen and oxygen atoms in total. The molecule has 0 N–H and O–H groups in total. The Bertz CT molecular complexity index is 670. The lowest BCUT2D eigenvalue weighted by molar-refractivity contribution is 0.551. The first-order valence-corrected chi connectivity index (χ1v) is 7.42. The fourth-order valence-electron chi connectivity index (χ4n) is 2.31. The second-order valence-electron chi connectivity index (χ2n) is 5.63. The van der Waals surface area contributed by atoms with Gasteiger partial charge in [-0.2, -0.15) is 4.98 Å². The molecule has 0 amide bonds. The van der Waals surface area contributed by atoms with Gasteiger partial charge in [0.05, 0.1) is 0 Å². The van der Waals surface area contributed by atoms with Gasteiger partial charge in [0.1, 0.15) is 5.52 Å². The van der Waals surface area contributed by atoms with E-state index in [1.807, 2.05) is 42.5 Å². The fourth-order valence-corrected chi connectivity index (χ4v) is 2.31. The minimum absolute atomic E-state index is 0.639. The normalized spacial score (nSPS) is 11.2. The number of benzene rings is 2. The van der Waals surface area contributed by atoms with Crippen molar-refractivity contribution in [2.24, 2.45) is 5.92 Å². The summed E-state index contributed by atoms with van der Waals surface area (Å²) in [5.74, 6) is 0.639. The van der Waals surface area contributed by atoms with Gasteiger partial charge in [-0.3, -0.25) is 4.90 Å². The van der Waals surface area contributed by atoms with Crippen LogP contribution < -0.4 is 4.90 Å². The second-order valence-corrected chi connectivity index (χ2v) is 5.63. The molecular weight excluding hydrogens is 260 g/mol. The molecule has 0 atom stereocenters. The molecule has 2 aromatic carbocycles. The standard InChI is InChI=1S/C18H20N2O/c1-14(2)12-13-20(15-8-4-3-5-9-15)18-19-16-10-6-7-11-17(16)21-18/h3-11,14H,12-13H2,1-2H3. The number of hydrogen-bond donors (Lipinski definition) is 0. The maximum atomic E-state index is 5.93. The Morgan fingerprint density at radius 1 is 1.00 bits per heavy atom. The van der Waals surface area contributed by atoms with Gasteiger partial charge in [-0.05, 0) is 36.6 Å². The lowest BCUT2D eigenvalue weighted by atomic mass is 10.1. The molecule has 21 heavy (non-hydrogen) atoms. The molecule has 0 saturated carbocycles. The van der Waals surface area contributed by atoms with Crippen molar-refractivity contribution in [2.75, 3.05) is 11.4 Å². The third-order valence-corrected chi connectivity index (χ3v) is 3.51. The van der Waals surface area contributed by atoms with Crippen molar-refractivity contribution < 1.29 is 4.42 Å². The third kappa shape index (κ3) is 3.07. The Kier molecular flexibility index (Phi) is 3.91. The van der Waals surface area contributed by atoms with Gasteiger partial charge in [-0.1, -0.05) is 44.2 Å². The van der Waals surface area contributed by atoms with Crippen LogP contribution >= 0.6 is 0 Å². The van der Waals surface area contributed by atoms with E-state index in [2.05, 4.69) is 35.9 Å². The van der Waals surface area contributed by atoms with Crippen LogP contribution in [-0.4, -0.2) is 11.5 Å². The summed E-state index contributed by atoms with van der Waals surface area (Å²) in [6.07, 6.45) is 1.09. The minimum Gasteiger partial charge on any atom is -0.423 e. The summed E-state index contributed by atoms with van der Waals surface area (Å²) in [7, 11) is 0. The first-order chi connectivity index (χ1) is 10.2. The van der Waals surface area contributed by atoms with E-state index in [4.69, 9.17) is 4.42 Å². The third-order valence-electron chi connectivity index (χ3n) is 3.51. The van der Waals surface area contributed by atoms with Crippen molar-refractivity contribution in [3.63, 3.8) is 0 Å². The van der Waals surface area contributed by atoms with Crippen molar-refractivity contribution in [2.45, 2.75) is 20.3 Å². The van der Waals surface area contributed by atoms with Crippen LogP contribution in [0.4, 0.5) is 11.7 Å². The van der Waals surface area contributed by atoms with E-state index in [9.17, 15) is 0 Å². The first kappa shape index (κ1) is 13.7. The summed E-state index contributed by atoms with van der Waals surface area (Å²) in [5.41, 5.74) is 2.85. The van der Waals surface area contributed by atoms with Crippen LogP contribution in [0.1, 0.15) is 20.3 Å². The monoisotopic (exact) mass is 280 g/mol. The lowest BCUT2D eigenvalue weighted by Crippen LogP contribution is -2.20. The summed E-state index contributed by atoms with van der Waals surface area (Å²) in [4.78, 5) is 6.78. The van der Waals surface area contributed by atoms with E-state index in [1.54, 1.807) is 0 Å². The van der Waals surface area contributed by atoms with Gasteiger partial charge < -0.3 is 4.42 Å². The van der Waals surface area contributed by atoms with Crippen molar-refractivity contribution in [1.29, 1.82) is 0 Å². The average molecular weight is 280 g/mol. The number of fused-ring (bicyclic) bond motifs is 1.